The summed E-state index contributed by atoms with van der Waals surface area (Å²) in [4.78, 5) is 32.7. The Hall–Kier alpha value is -3.92. The van der Waals surface area contributed by atoms with Crippen molar-refractivity contribution in [3.8, 4) is 5.69 Å². The fraction of sp³-hybridized carbons (Fsp3) is 0.217. The van der Waals surface area contributed by atoms with Crippen molar-refractivity contribution in [1.82, 2.24) is 25.2 Å². The molecule has 2 aromatic heterocycles. The van der Waals surface area contributed by atoms with Gasteiger partial charge in [-0.2, -0.15) is 0 Å². The second kappa shape index (κ2) is 10.1. The Morgan fingerprint density at radius 1 is 1.12 bits per heavy atom. The van der Waals surface area contributed by atoms with Gasteiger partial charge in [0.15, 0.2) is 10.8 Å². The zero-order valence-corrected chi connectivity index (χ0v) is 19.0. The van der Waals surface area contributed by atoms with Gasteiger partial charge in [-0.15, -0.1) is 16.4 Å². The normalized spacial score (nSPS) is 10.7. The van der Waals surface area contributed by atoms with E-state index in [1.165, 1.54) is 22.3 Å². The summed E-state index contributed by atoms with van der Waals surface area (Å²) >= 11 is 1.29. The molecule has 33 heavy (non-hydrogen) atoms. The molecule has 0 spiro atoms. The molecule has 1 amide bonds. The topological polar surface area (TPSA) is 103 Å². The van der Waals surface area contributed by atoms with Crippen LogP contribution in [0.3, 0.4) is 0 Å². The van der Waals surface area contributed by atoms with Gasteiger partial charge in [0.2, 0.25) is 0 Å². The van der Waals surface area contributed by atoms with E-state index in [0.717, 1.165) is 5.56 Å². The van der Waals surface area contributed by atoms with E-state index in [-0.39, 0.29) is 18.2 Å². The lowest BCUT2D eigenvalue weighted by Gasteiger charge is -2.20. The first kappa shape index (κ1) is 22.3. The third-order valence-corrected chi connectivity index (χ3v) is 5.90. The Morgan fingerprint density at radius 2 is 1.94 bits per heavy atom. The van der Waals surface area contributed by atoms with Gasteiger partial charge < -0.3 is 4.74 Å². The minimum atomic E-state index is -0.492. The van der Waals surface area contributed by atoms with E-state index in [1.807, 2.05) is 36.4 Å². The number of carbonyl (C=O) groups excluding carboxylic acids is 2. The standard InChI is InChI=1S/C23H22N6O3S/c1-3-32-22(31)20-16(2)33-23(25-20)28(13-12-17-8-5-4-6-9-17)21(30)18-10-7-11-19(14-18)29-15-24-26-27-29/h4-11,14-15H,3,12-13H2,1-2H3. The van der Waals surface area contributed by atoms with Gasteiger partial charge in [0.1, 0.15) is 6.33 Å². The summed E-state index contributed by atoms with van der Waals surface area (Å²) < 4.78 is 6.60. The maximum Gasteiger partial charge on any atom is 0.358 e. The van der Waals surface area contributed by atoms with E-state index in [9.17, 15) is 9.59 Å². The number of thiazole rings is 1. The van der Waals surface area contributed by atoms with E-state index in [2.05, 4.69) is 20.5 Å². The molecule has 10 heteroatoms. The number of hydrogen-bond donors (Lipinski definition) is 0. The number of nitrogens with zero attached hydrogens (tertiary/aromatic N) is 6. The molecule has 0 aliphatic carbocycles. The lowest BCUT2D eigenvalue weighted by atomic mass is 10.1. The van der Waals surface area contributed by atoms with Crippen molar-refractivity contribution in [3.05, 3.63) is 82.6 Å². The van der Waals surface area contributed by atoms with E-state index >= 15 is 0 Å². The van der Waals surface area contributed by atoms with Crippen molar-refractivity contribution in [3.63, 3.8) is 0 Å². The highest BCUT2D eigenvalue weighted by Gasteiger charge is 2.25. The van der Waals surface area contributed by atoms with Gasteiger partial charge in [-0.25, -0.2) is 14.5 Å². The van der Waals surface area contributed by atoms with Crippen molar-refractivity contribution in [2.24, 2.45) is 0 Å². The van der Waals surface area contributed by atoms with Crippen molar-refractivity contribution >= 4 is 28.3 Å². The van der Waals surface area contributed by atoms with E-state index in [4.69, 9.17) is 4.74 Å². The number of aryl methyl sites for hydroxylation is 1. The summed E-state index contributed by atoms with van der Waals surface area (Å²) in [6.45, 7) is 4.19. The molecule has 0 unspecified atom stereocenters. The fourth-order valence-corrected chi connectivity index (χ4v) is 4.19. The Balaban J connectivity index is 1.67. The quantitative estimate of drug-likeness (QED) is 0.369. The Kier molecular flexibility index (Phi) is 6.84. The summed E-state index contributed by atoms with van der Waals surface area (Å²) in [5, 5.41) is 11.6. The molecule has 9 nitrogen and oxygen atoms in total. The van der Waals surface area contributed by atoms with Gasteiger partial charge in [0.25, 0.3) is 5.91 Å². The number of tetrazole rings is 1. The van der Waals surface area contributed by atoms with E-state index < -0.39 is 5.97 Å². The van der Waals surface area contributed by atoms with Gasteiger partial charge in [-0.3, -0.25) is 9.69 Å². The van der Waals surface area contributed by atoms with Gasteiger partial charge >= 0.3 is 5.97 Å². The molecule has 0 saturated carbocycles. The van der Waals surface area contributed by atoms with Crippen LogP contribution in [-0.4, -0.2) is 50.2 Å². The van der Waals surface area contributed by atoms with Crippen LogP contribution in [0.4, 0.5) is 5.13 Å². The third kappa shape index (κ3) is 5.12. The van der Waals surface area contributed by atoms with Crippen molar-refractivity contribution < 1.29 is 14.3 Å². The number of benzene rings is 2. The summed E-state index contributed by atoms with van der Waals surface area (Å²) in [5.41, 5.74) is 2.45. The zero-order valence-electron chi connectivity index (χ0n) is 18.2. The molecular weight excluding hydrogens is 440 g/mol. The molecule has 0 saturated heterocycles. The number of amides is 1. The molecule has 2 aromatic carbocycles. The van der Waals surface area contributed by atoms with Gasteiger partial charge in [-0.1, -0.05) is 36.4 Å². The minimum absolute atomic E-state index is 0.231. The summed E-state index contributed by atoms with van der Waals surface area (Å²) in [5.74, 6) is -0.723. The largest absolute Gasteiger partial charge is 0.461 e. The highest BCUT2D eigenvalue weighted by Crippen LogP contribution is 2.28. The average molecular weight is 463 g/mol. The van der Waals surface area contributed by atoms with Crippen LogP contribution >= 0.6 is 11.3 Å². The molecule has 0 aliphatic rings. The molecule has 2 heterocycles. The first-order valence-electron chi connectivity index (χ1n) is 10.4. The number of rotatable bonds is 8. The number of ether oxygens (including phenoxy) is 1. The maximum atomic E-state index is 13.6. The lowest BCUT2D eigenvalue weighted by molar-refractivity contribution is 0.0519. The third-order valence-electron chi connectivity index (χ3n) is 4.90. The van der Waals surface area contributed by atoms with Crippen molar-refractivity contribution in [2.45, 2.75) is 20.3 Å². The van der Waals surface area contributed by atoms with Crippen LogP contribution < -0.4 is 4.90 Å². The monoisotopic (exact) mass is 462 g/mol. The highest BCUT2D eigenvalue weighted by atomic mass is 32.1. The smallest absolute Gasteiger partial charge is 0.358 e. The van der Waals surface area contributed by atoms with Gasteiger partial charge in [0.05, 0.1) is 12.3 Å². The molecule has 4 aromatic rings. The second-order valence-electron chi connectivity index (χ2n) is 7.12. The van der Waals surface area contributed by atoms with E-state index in [1.54, 1.807) is 36.9 Å². The maximum absolute atomic E-state index is 13.6. The van der Waals surface area contributed by atoms with Crippen molar-refractivity contribution in [1.29, 1.82) is 0 Å². The number of anilines is 1. The number of carbonyl (C=O) groups is 2. The highest BCUT2D eigenvalue weighted by molar-refractivity contribution is 7.16. The second-order valence-corrected chi connectivity index (χ2v) is 8.30. The molecule has 0 N–H and O–H groups in total. The van der Waals surface area contributed by atoms with Crippen LogP contribution in [0.2, 0.25) is 0 Å². The Labute approximate surface area is 194 Å². The van der Waals surface area contributed by atoms with Crippen LogP contribution in [0.15, 0.2) is 60.9 Å². The van der Waals surface area contributed by atoms with Crippen LogP contribution in [-0.2, 0) is 11.2 Å². The zero-order chi connectivity index (χ0) is 23.2. The van der Waals surface area contributed by atoms with Crippen LogP contribution in [0.25, 0.3) is 5.69 Å². The molecule has 0 bridgehead atoms. The average Bonchev–Trinajstić information content (AvgIpc) is 3.50. The molecule has 0 aliphatic heterocycles. The van der Waals surface area contributed by atoms with Crippen molar-refractivity contribution in [2.75, 3.05) is 18.1 Å². The first-order chi connectivity index (χ1) is 16.1. The molecular formula is C23H22N6O3S. The minimum Gasteiger partial charge on any atom is -0.461 e. The van der Waals surface area contributed by atoms with Gasteiger partial charge in [-0.05, 0) is 54.5 Å². The number of esters is 1. The van der Waals surface area contributed by atoms with E-state index in [0.29, 0.717) is 34.2 Å². The predicted octanol–water partition coefficient (Wildman–Crippen LogP) is 3.49. The summed E-state index contributed by atoms with van der Waals surface area (Å²) in [6.07, 6.45) is 2.10. The summed E-state index contributed by atoms with van der Waals surface area (Å²) in [7, 11) is 0. The fourth-order valence-electron chi connectivity index (χ4n) is 3.27. The molecule has 4 rings (SSSR count). The molecule has 0 atom stereocenters. The molecule has 0 fully saturated rings. The Morgan fingerprint density at radius 3 is 2.67 bits per heavy atom. The number of hydrogen-bond acceptors (Lipinski definition) is 8. The predicted molar refractivity (Wildman–Crippen MR) is 124 cm³/mol. The van der Waals surface area contributed by atoms with Crippen LogP contribution in [0.1, 0.15) is 38.2 Å². The SMILES string of the molecule is CCOC(=O)c1nc(N(CCc2ccccc2)C(=O)c2cccc(-n3cnnn3)c2)sc1C. The number of aromatic nitrogens is 5. The molecule has 0 radical (unpaired) electrons. The van der Waals surface area contributed by atoms with Gasteiger partial charge in [0, 0.05) is 17.0 Å². The summed E-state index contributed by atoms with van der Waals surface area (Å²) in [6, 6.07) is 16.9. The Bertz CT molecular complexity index is 1240. The molecule has 168 valence electrons. The van der Waals surface area contributed by atoms with Crippen LogP contribution in [0.5, 0.6) is 0 Å². The van der Waals surface area contributed by atoms with Crippen LogP contribution in [0, 0.1) is 6.92 Å². The first-order valence-corrected chi connectivity index (χ1v) is 11.2. The lowest BCUT2D eigenvalue weighted by Crippen LogP contribution is -2.33.